The van der Waals surface area contributed by atoms with E-state index in [1.807, 2.05) is 24.8 Å². The Morgan fingerprint density at radius 1 is 1.35 bits per heavy atom. The molecule has 128 valence electrons. The maximum absolute atomic E-state index is 12.6. The van der Waals surface area contributed by atoms with E-state index in [4.69, 9.17) is 5.73 Å². The zero-order valence-electron chi connectivity index (χ0n) is 14.7. The molecule has 23 heavy (non-hydrogen) atoms. The van der Waals surface area contributed by atoms with E-state index in [-0.39, 0.29) is 17.9 Å². The van der Waals surface area contributed by atoms with Crippen molar-refractivity contribution in [3.8, 4) is 0 Å². The third-order valence-electron chi connectivity index (χ3n) is 4.83. The van der Waals surface area contributed by atoms with E-state index in [2.05, 4.69) is 36.1 Å². The Hall–Kier alpha value is -1.39. The van der Waals surface area contributed by atoms with Gasteiger partial charge in [-0.25, -0.2) is 0 Å². The average molecular weight is 317 g/mol. The standard InChI is InChI=1S/C19H31N3O/c1-4-21(13-16-9-6-5-7-10-16)14-17-11-8-12-22(17)19(23)18(20)15(2)3/h5-7,9-10,15,17-18H,4,8,11-14,20H2,1-3H3/t17-,18+/m1/s1. The number of hydrogen-bond donors (Lipinski definition) is 1. The van der Waals surface area contributed by atoms with Gasteiger partial charge in [0.1, 0.15) is 0 Å². The molecule has 0 radical (unpaired) electrons. The van der Waals surface area contributed by atoms with E-state index in [1.165, 1.54) is 5.56 Å². The number of amides is 1. The van der Waals surface area contributed by atoms with Crippen LogP contribution in [0, 0.1) is 5.92 Å². The minimum absolute atomic E-state index is 0.123. The number of nitrogens with zero attached hydrogens (tertiary/aromatic N) is 2. The minimum Gasteiger partial charge on any atom is -0.337 e. The van der Waals surface area contributed by atoms with Gasteiger partial charge in [0.15, 0.2) is 0 Å². The molecule has 1 saturated heterocycles. The van der Waals surface area contributed by atoms with Crippen molar-refractivity contribution in [3.05, 3.63) is 35.9 Å². The van der Waals surface area contributed by atoms with Crippen molar-refractivity contribution in [2.24, 2.45) is 11.7 Å². The van der Waals surface area contributed by atoms with Crippen molar-refractivity contribution in [1.29, 1.82) is 0 Å². The summed E-state index contributed by atoms with van der Waals surface area (Å²) in [5.74, 6) is 0.314. The van der Waals surface area contributed by atoms with Crippen LogP contribution in [0.4, 0.5) is 0 Å². The molecule has 0 aliphatic carbocycles. The van der Waals surface area contributed by atoms with E-state index in [1.54, 1.807) is 0 Å². The molecule has 0 unspecified atom stereocenters. The summed E-state index contributed by atoms with van der Waals surface area (Å²) in [6.45, 7) is 9.93. The van der Waals surface area contributed by atoms with Crippen LogP contribution in [0.25, 0.3) is 0 Å². The van der Waals surface area contributed by atoms with Crippen LogP contribution in [0.5, 0.6) is 0 Å². The molecule has 1 aromatic carbocycles. The SMILES string of the molecule is CCN(Cc1ccccc1)C[C@H]1CCCN1C(=O)[C@@H](N)C(C)C. The molecule has 0 aromatic heterocycles. The van der Waals surface area contributed by atoms with Crippen molar-refractivity contribution >= 4 is 5.91 Å². The van der Waals surface area contributed by atoms with E-state index in [0.717, 1.165) is 39.0 Å². The highest BCUT2D eigenvalue weighted by Gasteiger charge is 2.33. The van der Waals surface area contributed by atoms with Crippen LogP contribution in [-0.2, 0) is 11.3 Å². The van der Waals surface area contributed by atoms with Gasteiger partial charge >= 0.3 is 0 Å². The molecule has 2 atom stereocenters. The number of likely N-dealkylation sites (N-methyl/N-ethyl adjacent to an activating group) is 1. The fourth-order valence-corrected chi connectivity index (χ4v) is 3.24. The van der Waals surface area contributed by atoms with Crippen LogP contribution in [0.2, 0.25) is 0 Å². The number of benzene rings is 1. The Kier molecular flexibility index (Phi) is 6.60. The average Bonchev–Trinajstić information content (AvgIpc) is 3.01. The van der Waals surface area contributed by atoms with Crippen LogP contribution in [-0.4, -0.2) is 47.4 Å². The second kappa shape index (κ2) is 8.46. The van der Waals surface area contributed by atoms with Gasteiger partial charge in [-0.05, 0) is 30.9 Å². The highest BCUT2D eigenvalue weighted by molar-refractivity contribution is 5.82. The molecule has 0 saturated carbocycles. The molecular weight excluding hydrogens is 286 g/mol. The van der Waals surface area contributed by atoms with Crippen molar-refractivity contribution in [3.63, 3.8) is 0 Å². The van der Waals surface area contributed by atoms with Crippen LogP contribution >= 0.6 is 0 Å². The molecule has 1 aliphatic rings. The molecule has 4 nitrogen and oxygen atoms in total. The predicted octanol–water partition coefficient (Wildman–Crippen LogP) is 2.48. The summed E-state index contributed by atoms with van der Waals surface area (Å²) in [5, 5.41) is 0. The zero-order chi connectivity index (χ0) is 16.8. The molecule has 0 spiro atoms. The highest BCUT2D eigenvalue weighted by atomic mass is 16.2. The van der Waals surface area contributed by atoms with Crippen LogP contribution in [0.1, 0.15) is 39.2 Å². The first kappa shape index (κ1) is 18.0. The Labute approximate surface area is 140 Å². The van der Waals surface area contributed by atoms with Crippen LogP contribution in [0.15, 0.2) is 30.3 Å². The number of carbonyl (C=O) groups is 1. The normalized spacial score (nSPS) is 19.6. The van der Waals surface area contributed by atoms with Crippen LogP contribution < -0.4 is 5.73 Å². The summed E-state index contributed by atoms with van der Waals surface area (Å²) in [5.41, 5.74) is 7.41. The van der Waals surface area contributed by atoms with E-state index in [9.17, 15) is 4.79 Å². The van der Waals surface area contributed by atoms with Gasteiger partial charge in [-0.1, -0.05) is 51.1 Å². The molecule has 2 rings (SSSR count). The number of hydrogen-bond acceptors (Lipinski definition) is 3. The topological polar surface area (TPSA) is 49.6 Å². The van der Waals surface area contributed by atoms with Gasteiger partial charge in [0, 0.05) is 25.7 Å². The lowest BCUT2D eigenvalue weighted by molar-refractivity contribution is -0.134. The first-order chi connectivity index (χ1) is 11.0. The fraction of sp³-hybridized carbons (Fsp3) is 0.632. The Morgan fingerprint density at radius 2 is 2.04 bits per heavy atom. The lowest BCUT2D eigenvalue weighted by Crippen LogP contribution is -2.51. The van der Waals surface area contributed by atoms with E-state index < -0.39 is 0 Å². The van der Waals surface area contributed by atoms with Crippen molar-refractivity contribution in [2.45, 2.75) is 52.2 Å². The predicted molar refractivity (Wildman–Crippen MR) is 94.9 cm³/mol. The summed E-state index contributed by atoms with van der Waals surface area (Å²) in [7, 11) is 0. The Balaban J connectivity index is 1.97. The van der Waals surface area contributed by atoms with Gasteiger partial charge in [-0.15, -0.1) is 0 Å². The largest absolute Gasteiger partial charge is 0.337 e. The Bertz CT molecular complexity index is 489. The first-order valence-corrected chi connectivity index (χ1v) is 8.85. The first-order valence-electron chi connectivity index (χ1n) is 8.85. The van der Waals surface area contributed by atoms with Gasteiger partial charge in [0.05, 0.1) is 6.04 Å². The molecule has 1 aromatic rings. The van der Waals surface area contributed by atoms with Crippen molar-refractivity contribution in [2.75, 3.05) is 19.6 Å². The van der Waals surface area contributed by atoms with Gasteiger partial charge in [0.25, 0.3) is 0 Å². The third kappa shape index (κ3) is 4.79. The minimum atomic E-state index is -0.375. The van der Waals surface area contributed by atoms with E-state index >= 15 is 0 Å². The third-order valence-corrected chi connectivity index (χ3v) is 4.83. The van der Waals surface area contributed by atoms with Crippen LogP contribution in [0.3, 0.4) is 0 Å². The second-order valence-electron chi connectivity index (χ2n) is 6.91. The number of carbonyl (C=O) groups excluding carboxylic acids is 1. The summed E-state index contributed by atoms with van der Waals surface area (Å²) in [6, 6.07) is 10.5. The summed E-state index contributed by atoms with van der Waals surface area (Å²) < 4.78 is 0. The number of nitrogens with two attached hydrogens (primary N) is 1. The lowest BCUT2D eigenvalue weighted by atomic mass is 10.0. The molecule has 0 bridgehead atoms. The lowest BCUT2D eigenvalue weighted by Gasteiger charge is -2.32. The molecule has 2 N–H and O–H groups in total. The molecule has 4 heteroatoms. The van der Waals surface area contributed by atoms with Gasteiger partial charge in [-0.3, -0.25) is 9.69 Å². The maximum atomic E-state index is 12.6. The van der Waals surface area contributed by atoms with Crippen molar-refractivity contribution in [1.82, 2.24) is 9.80 Å². The molecule has 1 heterocycles. The maximum Gasteiger partial charge on any atom is 0.240 e. The fourth-order valence-electron chi connectivity index (χ4n) is 3.24. The molecule has 1 fully saturated rings. The molecule has 1 amide bonds. The summed E-state index contributed by atoms with van der Waals surface area (Å²) in [6.07, 6.45) is 2.17. The van der Waals surface area contributed by atoms with Gasteiger partial charge < -0.3 is 10.6 Å². The van der Waals surface area contributed by atoms with Gasteiger partial charge in [0.2, 0.25) is 5.91 Å². The second-order valence-corrected chi connectivity index (χ2v) is 6.91. The zero-order valence-corrected chi connectivity index (χ0v) is 14.7. The van der Waals surface area contributed by atoms with Gasteiger partial charge in [-0.2, -0.15) is 0 Å². The monoisotopic (exact) mass is 317 g/mol. The number of rotatable bonds is 7. The summed E-state index contributed by atoms with van der Waals surface area (Å²) >= 11 is 0. The highest BCUT2D eigenvalue weighted by Crippen LogP contribution is 2.21. The van der Waals surface area contributed by atoms with Crippen molar-refractivity contribution < 1.29 is 4.79 Å². The molecule has 1 aliphatic heterocycles. The van der Waals surface area contributed by atoms with E-state index in [0.29, 0.717) is 6.04 Å². The smallest absolute Gasteiger partial charge is 0.240 e. The number of likely N-dealkylation sites (tertiary alicyclic amines) is 1. The molecular formula is C19H31N3O. The quantitative estimate of drug-likeness (QED) is 0.840. The Morgan fingerprint density at radius 3 is 2.65 bits per heavy atom. The summed E-state index contributed by atoms with van der Waals surface area (Å²) in [4.78, 5) is 17.1.